The number of hydrogen-bond acceptors (Lipinski definition) is 11. The molecule has 2 fully saturated rings. The predicted molar refractivity (Wildman–Crippen MR) is 208 cm³/mol. The summed E-state index contributed by atoms with van der Waals surface area (Å²) in [7, 11) is 0. The van der Waals surface area contributed by atoms with Gasteiger partial charge < -0.3 is 24.7 Å². The third kappa shape index (κ3) is 8.27. The summed E-state index contributed by atoms with van der Waals surface area (Å²) in [5, 5.41) is 22.7. The molecule has 8 rings (SSSR count). The molecule has 12 nitrogen and oxygen atoms in total. The fourth-order valence-corrected chi connectivity index (χ4v) is 7.98. The standard InChI is InChI=1S/C41H38ClF4N7O5/c1-21-26(4-2-5-27(21)39-50-30-15-24(32(58-41(45)46)16-33(30)57-39)19-52-11-8-23(9-12-52)40(55)56)28-6-3-7-29(34(28)42)48-37-35-31(49-38(51-37)36(43)44)14-22(17-47-35)18-53-13-10-25(54)20-53/h2-7,14-17,23,25,36,41,54H,8-13,18-20H2,1H3,(H,55,56)(H,48,49,51)/t25-/m1/s1. The molecule has 0 amide bonds. The molecular weight excluding hydrogens is 782 g/mol. The highest BCUT2D eigenvalue weighted by atomic mass is 35.5. The summed E-state index contributed by atoms with van der Waals surface area (Å²) in [6, 6.07) is 15.5. The van der Waals surface area contributed by atoms with Gasteiger partial charge in [-0.25, -0.2) is 23.7 Å². The number of likely N-dealkylation sites (tertiary alicyclic amines) is 2. The van der Waals surface area contributed by atoms with Crippen LogP contribution in [0.3, 0.4) is 0 Å². The number of piperidine rings is 1. The molecule has 3 N–H and O–H groups in total. The van der Waals surface area contributed by atoms with Gasteiger partial charge in [0.25, 0.3) is 6.43 Å². The number of carboxylic acid groups (broad SMARTS) is 1. The highest BCUT2D eigenvalue weighted by molar-refractivity contribution is 6.36. The Kier molecular flexibility index (Phi) is 11.2. The maximum absolute atomic E-state index is 14.1. The van der Waals surface area contributed by atoms with Crippen molar-refractivity contribution >= 4 is 51.2 Å². The van der Waals surface area contributed by atoms with Gasteiger partial charge in [0.2, 0.25) is 5.89 Å². The normalized spacial score (nSPS) is 16.9. The summed E-state index contributed by atoms with van der Waals surface area (Å²) in [6.07, 6.45) is -0.132. The molecule has 6 aromatic rings. The number of carbonyl (C=O) groups is 1. The third-order valence-electron chi connectivity index (χ3n) is 10.7. The molecule has 3 aromatic heterocycles. The van der Waals surface area contributed by atoms with Crippen molar-refractivity contribution in [3.05, 3.63) is 88.3 Å². The number of alkyl halides is 4. The number of halogens is 5. The van der Waals surface area contributed by atoms with Gasteiger partial charge in [0.05, 0.1) is 28.2 Å². The number of fused-ring (bicyclic) bond motifs is 2. The van der Waals surface area contributed by atoms with Crippen molar-refractivity contribution in [1.82, 2.24) is 29.7 Å². The summed E-state index contributed by atoms with van der Waals surface area (Å²) in [4.78, 5) is 33.0. The van der Waals surface area contributed by atoms with Crippen molar-refractivity contribution in [2.45, 2.75) is 58.4 Å². The molecule has 302 valence electrons. The second-order valence-electron chi connectivity index (χ2n) is 14.6. The summed E-state index contributed by atoms with van der Waals surface area (Å²) in [5.74, 6) is -1.70. The second-order valence-corrected chi connectivity index (χ2v) is 15.0. The zero-order valence-corrected chi connectivity index (χ0v) is 31.9. The Morgan fingerprint density at radius 1 is 0.948 bits per heavy atom. The zero-order chi connectivity index (χ0) is 40.7. The summed E-state index contributed by atoms with van der Waals surface area (Å²) < 4.78 is 66.2. The van der Waals surface area contributed by atoms with Crippen LogP contribution in [0.2, 0.25) is 5.02 Å². The van der Waals surface area contributed by atoms with Crippen LogP contribution in [0.1, 0.15) is 48.2 Å². The minimum atomic E-state index is -3.07. The molecule has 2 aliphatic rings. The van der Waals surface area contributed by atoms with Crippen LogP contribution in [0, 0.1) is 12.8 Å². The third-order valence-corrected chi connectivity index (χ3v) is 11.1. The average Bonchev–Trinajstić information content (AvgIpc) is 3.80. The smallest absolute Gasteiger partial charge is 0.387 e. The van der Waals surface area contributed by atoms with E-state index in [1.807, 2.05) is 30.0 Å². The summed E-state index contributed by atoms with van der Waals surface area (Å²) in [6.45, 7) is 1.76. The first-order valence-electron chi connectivity index (χ1n) is 18.7. The van der Waals surface area contributed by atoms with Crippen molar-refractivity contribution < 1.29 is 41.7 Å². The predicted octanol–water partition coefficient (Wildman–Crippen LogP) is 8.61. The number of nitrogens with zero attached hydrogens (tertiary/aromatic N) is 6. The van der Waals surface area contributed by atoms with E-state index in [2.05, 4.69) is 25.2 Å². The van der Waals surface area contributed by atoms with Crippen LogP contribution in [0.25, 0.3) is 44.7 Å². The molecule has 5 heterocycles. The Hall–Kier alpha value is -5.42. The first-order valence-corrected chi connectivity index (χ1v) is 19.1. The van der Waals surface area contributed by atoms with Gasteiger partial charge in [-0.15, -0.1) is 0 Å². The topological polar surface area (TPSA) is 150 Å². The lowest BCUT2D eigenvalue weighted by Gasteiger charge is -2.30. The fourth-order valence-electron chi connectivity index (χ4n) is 7.71. The largest absolute Gasteiger partial charge is 0.481 e. The Morgan fingerprint density at radius 2 is 1.69 bits per heavy atom. The number of aliphatic hydroxyl groups excluding tert-OH is 1. The van der Waals surface area contributed by atoms with Crippen molar-refractivity contribution in [3.8, 4) is 28.3 Å². The number of aliphatic carboxylic acids is 1. The van der Waals surface area contributed by atoms with E-state index in [1.165, 1.54) is 6.07 Å². The average molecular weight is 820 g/mol. The van der Waals surface area contributed by atoms with Crippen LogP contribution in [-0.2, 0) is 17.9 Å². The Bertz CT molecular complexity index is 2500. The number of pyridine rings is 1. The zero-order valence-electron chi connectivity index (χ0n) is 31.1. The lowest BCUT2D eigenvalue weighted by molar-refractivity contribution is -0.143. The first-order chi connectivity index (χ1) is 27.9. The number of carboxylic acids is 1. The number of aromatic nitrogens is 4. The van der Waals surface area contributed by atoms with E-state index in [4.69, 9.17) is 25.7 Å². The van der Waals surface area contributed by atoms with Crippen LogP contribution in [0.15, 0.2) is 65.2 Å². The van der Waals surface area contributed by atoms with Gasteiger partial charge in [0.15, 0.2) is 17.2 Å². The molecular formula is C41H38ClF4N7O5. The number of hydrogen-bond donors (Lipinski definition) is 3. The summed E-state index contributed by atoms with van der Waals surface area (Å²) in [5.41, 5.74) is 5.48. The maximum atomic E-state index is 14.1. The Morgan fingerprint density at radius 3 is 2.41 bits per heavy atom. The summed E-state index contributed by atoms with van der Waals surface area (Å²) >= 11 is 7.05. The van der Waals surface area contributed by atoms with E-state index in [0.717, 1.165) is 16.7 Å². The molecule has 2 saturated heterocycles. The number of oxazole rings is 1. The quantitative estimate of drug-likeness (QED) is 0.102. The van der Waals surface area contributed by atoms with Gasteiger partial charge in [-0.2, -0.15) is 8.78 Å². The molecule has 17 heteroatoms. The monoisotopic (exact) mass is 819 g/mol. The second kappa shape index (κ2) is 16.4. The van der Waals surface area contributed by atoms with Crippen LogP contribution in [-0.4, -0.2) is 84.8 Å². The number of ether oxygens (including phenoxy) is 1. The highest BCUT2D eigenvalue weighted by Crippen LogP contribution is 2.41. The molecule has 58 heavy (non-hydrogen) atoms. The number of benzene rings is 3. The van der Waals surface area contributed by atoms with Crippen LogP contribution >= 0.6 is 11.6 Å². The highest BCUT2D eigenvalue weighted by Gasteiger charge is 2.27. The number of nitrogens with one attached hydrogen (secondary N) is 1. The lowest BCUT2D eigenvalue weighted by Crippen LogP contribution is -2.35. The van der Waals surface area contributed by atoms with Gasteiger partial charge in [-0.1, -0.05) is 35.9 Å². The van der Waals surface area contributed by atoms with E-state index in [0.29, 0.717) is 79.9 Å². The molecule has 0 bridgehead atoms. The Labute approximate surface area is 334 Å². The number of rotatable bonds is 12. The maximum Gasteiger partial charge on any atom is 0.387 e. The van der Waals surface area contributed by atoms with Crippen LogP contribution in [0.5, 0.6) is 5.75 Å². The lowest BCUT2D eigenvalue weighted by atomic mass is 9.96. The number of anilines is 2. The molecule has 0 unspecified atom stereocenters. The minimum Gasteiger partial charge on any atom is -0.481 e. The van der Waals surface area contributed by atoms with Gasteiger partial charge in [0.1, 0.15) is 16.8 Å². The van der Waals surface area contributed by atoms with E-state index in [-0.39, 0.29) is 45.6 Å². The molecule has 0 aliphatic carbocycles. The minimum absolute atomic E-state index is 0.0530. The Balaban J connectivity index is 1.09. The molecule has 0 radical (unpaired) electrons. The van der Waals surface area contributed by atoms with E-state index in [1.54, 1.807) is 36.5 Å². The van der Waals surface area contributed by atoms with Gasteiger partial charge in [-0.3, -0.25) is 19.6 Å². The van der Waals surface area contributed by atoms with Crippen molar-refractivity contribution in [3.63, 3.8) is 0 Å². The van der Waals surface area contributed by atoms with E-state index < -0.39 is 36.9 Å². The molecule has 2 aliphatic heterocycles. The van der Waals surface area contributed by atoms with Gasteiger partial charge in [-0.05, 0) is 80.2 Å². The first kappa shape index (κ1) is 39.4. The van der Waals surface area contributed by atoms with Crippen LogP contribution in [0.4, 0.5) is 29.1 Å². The van der Waals surface area contributed by atoms with E-state index >= 15 is 0 Å². The number of aliphatic hydroxyl groups is 1. The fraction of sp³-hybridized carbons (Fsp3) is 0.341. The van der Waals surface area contributed by atoms with Crippen LogP contribution < -0.4 is 10.1 Å². The van der Waals surface area contributed by atoms with E-state index in [9.17, 15) is 32.6 Å². The molecule has 1 atom stereocenters. The number of β-amino-alcohol motifs (C(OH)–C–C–N with tert-alkyl or cyclic N) is 1. The SMILES string of the molecule is Cc1c(-c2nc3cc(CN4CCC(C(=O)O)CC4)c(OC(F)F)cc3o2)cccc1-c1cccc(Nc2nc(C(F)F)nc3cc(CN4CC[C@@H](O)C4)cnc23)c1Cl. The van der Waals surface area contributed by atoms with Gasteiger partial charge in [0, 0.05) is 55.1 Å². The molecule has 0 spiro atoms. The van der Waals surface area contributed by atoms with Crippen molar-refractivity contribution in [1.29, 1.82) is 0 Å². The van der Waals surface area contributed by atoms with Gasteiger partial charge >= 0.3 is 12.6 Å². The molecule has 0 saturated carbocycles. The molecule has 3 aromatic carbocycles. The van der Waals surface area contributed by atoms with Crippen molar-refractivity contribution in [2.24, 2.45) is 5.92 Å². The van der Waals surface area contributed by atoms with Crippen molar-refractivity contribution in [2.75, 3.05) is 31.5 Å².